The Morgan fingerprint density at radius 3 is 2.90 bits per heavy atom. The molecule has 1 aromatic carbocycles. The number of carboxylic acids is 1. The maximum Gasteiger partial charge on any atom is 0.326 e. The topological polar surface area (TPSA) is 73.4 Å². The number of hydrogen-bond donors (Lipinski definition) is 2. The van der Waals surface area contributed by atoms with Gasteiger partial charge in [0.1, 0.15) is 17.6 Å². The highest BCUT2D eigenvalue weighted by Crippen LogP contribution is 2.23. The summed E-state index contributed by atoms with van der Waals surface area (Å²) >= 11 is 0. The largest absolute Gasteiger partial charge is 0.480 e. The van der Waals surface area contributed by atoms with E-state index in [9.17, 15) is 14.0 Å². The Balaban J connectivity index is 1.96. The number of halogens is 1. The van der Waals surface area contributed by atoms with Crippen LogP contribution < -0.4 is 0 Å². The Kier molecular flexibility index (Phi) is 2.93. The van der Waals surface area contributed by atoms with Gasteiger partial charge in [-0.15, -0.1) is 0 Å². The second kappa shape index (κ2) is 4.63. The number of carboxylic acid groups (broad SMARTS) is 1. The fraction of sp³-hybridized carbons (Fsp3) is 0.286. The molecule has 104 valence electrons. The molecule has 1 saturated heterocycles. The minimum Gasteiger partial charge on any atom is -0.480 e. The van der Waals surface area contributed by atoms with Crippen LogP contribution in [0.4, 0.5) is 4.39 Å². The quantitative estimate of drug-likeness (QED) is 0.881. The number of aromatic amines is 1. The van der Waals surface area contributed by atoms with E-state index in [-0.39, 0.29) is 5.69 Å². The van der Waals surface area contributed by atoms with Gasteiger partial charge in [-0.25, -0.2) is 9.18 Å². The monoisotopic (exact) mass is 276 g/mol. The summed E-state index contributed by atoms with van der Waals surface area (Å²) in [5, 5.41) is 9.43. The van der Waals surface area contributed by atoms with Gasteiger partial charge in [-0.2, -0.15) is 0 Å². The number of H-pyrrole nitrogens is 1. The molecule has 3 rings (SSSR count). The van der Waals surface area contributed by atoms with E-state index in [1.165, 1.54) is 17.0 Å². The summed E-state index contributed by atoms with van der Waals surface area (Å²) in [6.07, 6.45) is 1.12. The van der Waals surface area contributed by atoms with Crippen molar-refractivity contribution in [2.45, 2.75) is 18.9 Å². The minimum absolute atomic E-state index is 0.221. The van der Waals surface area contributed by atoms with E-state index in [0.29, 0.717) is 30.3 Å². The molecule has 6 heteroatoms. The van der Waals surface area contributed by atoms with Crippen LogP contribution in [0.5, 0.6) is 0 Å². The molecule has 2 aromatic rings. The maximum atomic E-state index is 13.6. The van der Waals surface area contributed by atoms with Crippen LogP contribution in [0.1, 0.15) is 23.3 Å². The average Bonchev–Trinajstić information content (AvgIpc) is 3.05. The summed E-state index contributed by atoms with van der Waals surface area (Å²) in [5.74, 6) is -1.81. The average molecular weight is 276 g/mol. The highest BCUT2D eigenvalue weighted by Gasteiger charge is 2.35. The predicted molar refractivity (Wildman–Crippen MR) is 70.0 cm³/mol. The van der Waals surface area contributed by atoms with Crippen molar-refractivity contribution in [3.05, 3.63) is 35.8 Å². The van der Waals surface area contributed by atoms with Gasteiger partial charge in [0.05, 0.1) is 0 Å². The molecule has 1 fully saturated rings. The molecule has 1 aliphatic rings. The Bertz CT molecular complexity index is 695. The Morgan fingerprint density at radius 2 is 2.20 bits per heavy atom. The summed E-state index contributed by atoms with van der Waals surface area (Å²) in [6.45, 7) is 0.410. The molecular weight excluding hydrogens is 263 g/mol. The third-order valence-corrected chi connectivity index (χ3v) is 3.64. The lowest BCUT2D eigenvalue weighted by Crippen LogP contribution is -2.40. The first-order valence-corrected chi connectivity index (χ1v) is 6.39. The van der Waals surface area contributed by atoms with Crippen LogP contribution in [0, 0.1) is 5.82 Å². The summed E-state index contributed by atoms with van der Waals surface area (Å²) < 4.78 is 13.6. The number of benzene rings is 1. The molecule has 2 N–H and O–H groups in total. The Hall–Kier alpha value is -2.37. The lowest BCUT2D eigenvalue weighted by molar-refractivity contribution is -0.141. The lowest BCUT2D eigenvalue weighted by Gasteiger charge is -2.20. The number of carbonyl (C=O) groups is 2. The standard InChI is InChI=1S/C14H13FN2O3/c15-9-3-1-4-10-8(9)7-11(16-10)13(18)17-6-2-5-12(17)14(19)20/h1,3-4,7,12,16H,2,5-6H2,(H,19,20)/t12-/m0/s1. The van der Waals surface area contributed by atoms with E-state index in [0.717, 1.165) is 0 Å². The molecule has 0 spiro atoms. The molecule has 0 saturated carbocycles. The van der Waals surface area contributed by atoms with Crippen molar-refractivity contribution in [1.82, 2.24) is 9.88 Å². The van der Waals surface area contributed by atoms with Crippen LogP contribution in [0.15, 0.2) is 24.3 Å². The molecule has 1 amide bonds. The summed E-state index contributed by atoms with van der Waals surface area (Å²) in [4.78, 5) is 27.6. The predicted octanol–water partition coefficient (Wildman–Crippen LogP) is 2.00. The molecule has 1 atom stereocenters. The zero-order valence-electron chi connectivity index (χ0n) is 10.6. The van der Waals surface area contributed by atoms with E-state index >= 15 is 0 Å². The van der Waals surface area contributed by atoms with Gasteiger partial charge in [0.15, 0.2) is 0 Å². The summed E-state index contributed by atoms with van der Waals surface area (Å²) in [5.41, 5.74) is 0.748. The highest BCUT2D eigenvalue weighted by molar-refractivity contribution is 6.00. The molecule has 1 aliphatic heterocycles. The van der Waals surface area contributed by atoms with Crippen molar-refractivity contribution < 1.29 is 19.1 Å². The molecular formula is C14H13FN2O3. The second-order valence-corrected chi connectivity index (χ2v) is 4.88. The van der Waals surface area contributed by atoms with E-state index in [4.69, 9.17) is 5.11 Å². The number of nitrogens with one attached hydrogen (secondary N) is 1. The van der Waals surface area contributed by atoms with Crippen molar-refractivity contribution in [3.63, 3.8) is 0 Å². The third kappa shape index (κ3) is 1.93. The first-order valence-electron chi connectivity index (χ1n) is 6.39. The first kappa shape index (κ1) is 12.7. The number of amides is 1. The number of carbonyl (C=O) groups excluding carboxylic acids is 1. The number of nitrogens with zero attached hydrogens (tertiary/aromatic N) is 1. The molecule has 0 unspecified atom stereocenters. The molecule has 1 aromatic heterocycles. The van der Waals surface area contributed by atoms with Crippen molar-refractivity contribution in [3.8, 4) is 0 Å². The molecule has 0 bridgehead atoms. The maximum absolute atomic E-state index is 13.6. The van der Waals surface area contributed by atoms with Crippen LogP contribution >= 0.6 is 0 Å². The van der Waals surface area contributed by atoms with Crippen molar-refractivity contribution in [1.29, 1.82) is 0 Å². The van der Waals surface area contributed by atoms with Crippen LogP contribution in [-0.4, -0.2) is 39.5 Å². The van der Waals surface area contributed by atoms with Crippen LogP contribution in [0.25, 0.3) is 10.9 Å². The molecule has 0 radical (unpaired) electrons. The lowest BCUT2D eigenvalue weighted by atomic mass is 10.2. The first-order chi connectivity index (χ1) is 9.58. The number of hydrogen-bond acceptors (Lipinski definition) is 2. The fourth-order valence-electron chi connectivity index (χ4n) is 2.65. The molecule has 20 heavy (non-hydrogen) atoms. The number of fused-ring (bicyclic) bond motifs is 1. The van der Waals surface area contributed by atoms with Gasteiger partial charge in [-0.3, -0.25) is 4.79 Å². The summed E-state index contributed by atoms with van der Waals surface area (Å²) in [7, 11) is 0. The van der Waals surface area contributed by atoms with E-state index in [1.807, 2.05) is 0 Å². The number of likely N-dealkylation sites (tertiary alicyclic amines) is 1. The van der Waals surface area contributed by atoms with Gasteiger partial charge in [0.2, 0.25) is 0 Å². The molecule has 5 nitrogen and oxygen atoms in total. The Morgan fingerprint density at radius 1 is 1.40 bits per heavy atom. The zero-order valence-corrected chi connectivity index (χ0v) is 10.6. The van der Waals surface area contributed by atoms with Crippen LogP contribution in [0.3, 0.4) is 0 Å². The van der Waals surface area contributed by atoms with Crippen molar-refractivity contribution in [2.75, 3.05) is 6.54 Å². The third-order valence-electron chi connectivity index (χ3n) is 3.64. The number of aromatic nitrogens is 1. The number of rotatable bonds is 2. The van der Waals surface area contributed by atoms with Gasteiger partial charge in [-0.1, -0.05) is 6.07 Å². The number of aliphatic carboxylic acids is 1. The minimum atomic E-state index is -1.00. The SMILES string of the molecule is O=C(O)[C@@H]1CCCN1C(=O)c1cc2c(F)cccc2[nH]1. The fourth-order valence-corrected chi connectivity index (χ4v) is 2.65. The van der Waals surface area contributed by atoms with Gasteiger partial charge in [0.25, 0.3) is 5.91 Å². The van der Waals surface area contributed by atoms with Crippen molar-refractivity contribution >= 4 is 22.8 Å². The van der Waals surface area contributed by atoms with Gasteiger partial charge in [-0.05, 0) is 31.0 Å². The van der Waals surface area contributed by atoms with E-state index in [2.05, 4.69) is 4.98 Å². The normalized spacial score (nSPS) is 18.6. The van der Waals surface area contributed by atoms with Crippen molar-refractivity contribution in [2.24, 2.45) is 0 Å². The molecule has 2 heterocycles. The van der Waals surface area contributed by atoms with Gasteiger partial charge < -0.3 is 15.0 Å². The zero-order chi connectivity index (χ0) is 14.3. The van der Waals surface area contributed by atoms with Gasteiger partial charge >= 0.3 is 5.97 Å². The van der Waals surface area contributed by atoms with Crippen LogP contribution in [0.2, 0.25) is 0 Å². The molecule has 0 aliphatic carbocycles. The van der Waals surface area contributed by atoms with E-state index < -0.39 is 23.7 Å². The van der Waals surface area contributed by atoms with Gasteiger partial charge in [0, 0.05) is 17.4 Å². The highest BCUT2D eigenvalue weighted by atomic mass is 19.1. The summed E-state index contributed by atoms with van der Waals surface area (Å²) in [6, 6.07) is 5.19. The van der Waals surface area contributed by atoms with E-state index in [1.54, 1.807) is 12.1 Å². The smallest absolute Gasteiger partial charge is 0.326 e. The van der Waals surface area contributed by atoms with Crippen LogP contribution in [-0.2, 0) is 4.79 Å². The second-order valence-electron chi connectivity index (χ2n) is 4.88. The Labute approximate surface area is 114 Å².